The molecule has 30 heavy (non-hydrogen) atoms. The highest BCUT2D eigenvalue weighted by Gasteiger charge is 2.14. The number of aromatic nitrogens is 3. The number of aryl methyl sites for hydroxylation is 1. The van der Waals surface area contributed by atoms with E-state index in [4.69, 9.17) is 9.84 Å². The molecule has 3 rings (SSSR count). The van der Waals surface area contributed by atoms with Crippen LogP contribution >= 0.6 is 0 Å². The molecule has 0 aliphatic carbocycles. The third-order valence-electron chi connectivity index (χ3n) is 4.87. The summed E-state index contributed by atoms with van der Waals surface area (Å²) in [6.07, 6.45) is 3.94. The Morgan fingerprint density at radius 1 is 1.30 bits per heavy atom. The van der Waals surface area contributed by atoms with Crippen molar-refractivity contribution < 1.29 is 9.53 Å². The van der Waals surface area contributed by atoms with Crippen LogP contribution < -0.4 is 5.32 Å². The molecule has 3 aromatic rings. The molecule has 158 valence electrons. The Bertz CT molecular complexity index is 1050. The Hall–Kier alpha value is -2.77. The average molecular weight is 423 g/mol. The van der Waals surface area contributed by atoms with Gasteiger partial charge in [-0.25, -0.2) is 4.68 Å². The Morgan fingerprint density at radius 3 is 2.80 bits per heavy atom. The molecule has 0 unspecified atom stereocenters. The van der Waals surface area contributed by atoms with E-state index < -0.39 is 8.07 Å². The van der Waals surface area contributed by atoms with Crippen molar-refractivity contribution >= 4 is 30.6 Å². The van der Waals surface area contributed by atoms with E-state index in [1.165, 1.54) is 6.08 Å². The third-order valence-corrected chi connectivity index (χ3v) is 6.57. The van der Waals surface area contributed by atoms with Crippen LogP contribution in [0.1, 0.15) is 12.6 Å². The van der Waals surface area contributed by atoms with E-state index in [0.717, 1.165) is 46.9 Å². The fraction of sp³-hybridized carbons (Fsp3) is 0.348. The summed E-state index contributed by atoms with van der Waals surface area (Å²) in [5.74, 6) is -0.237. The normalized spacial score (nSPS) is 11.6. The van der Waals surface area contributed by atoms with Crippen molar-refractivity contribution in [2.75, 3.05) is 11.9 Å². The Balaban J connectivity index is 1.85. The maximum Gasteiger partial charge on any atom is 0.247 e. The standard InChI is InChI=1S/C23H30N4O2Si/c1-6-20-19-14-21(17-9-8-10-18(13-17)25-23(28)7-2)24-15-22(19)27(26-20)16-29-11-12-30(3,4)5/h7-10,13-15H,2,6,11-12,16H2,1,3-5H3,(H,25,28). The average Bonchev–Trinajstić information content (AvgIpc) is 3.07. The maximum atomic E-state index is 11.6. The number of fused-ring (bicyclic) bond motifs is 1. The predicted octanol–water partition coefficient (Wildman–Crippen LogP) is 5.10. The van der Waals surface area contributed by atoms with Gasteiger partial charge in [0.05, 0.1) is 23.1 Å². The molecule has 0 atom stereocenters. The highest BCUT2D eigenvalue weighted by molar-refractivity contribution is 6.76. The quantitative estimate of drug-likeness (QED) is 0.296. The number of hydrogen-bond donors (Lipinski definition) is 1. The van der Waals surface area contributed by atoms with Crippen molar-refractivity contribution in [3.05, 3.63) is 54.9 Å². The van der Waals surface area contributed by atoms with Gasteiger partial charge in [0.25, 0.3) is 0 Å². The van der Waals surface area contributed by atoms with Gasteiger partial charge >= 0.3 is 0 Å². The van der Waals surface area contributed by atoms with Gasteiger partial charge in [-0.2, -0.15) is 5.10 Å². The van der Waals surface area contributed by atoms with Crippen LogP contribution in [0.2, 0.25) is 25.7 Å². The van der Waals surface area contributed by atoms with Crippen LogP contribution in [0.15, 0.2) is 49.2 Å². The molecule has 0 radical (unpaired) electrons. The molecule has 0 saturated carbocycles. The van der Waals surface area contributed by atoms with Gasteiger partial charge in [-0.1, -0.05) is 45.3 Å². The molecular weight excluding hydrogens is 392 g/mol. The fourth-order valence-electron chi connectivity index (χ4n) is 3.13. The molecule has 2 heterocycles. The summed E-state index contributed by atoms with van der Waals surface area (Å²) in [6.45, 7) is 13.8. The summed E-state index contributed by atoms with van der Waals surface area (Å²) < 4.78 is 7.80. The monoisotopic (exact) mass is 422 g/mol. The van der Waals surface area contributed by atoms with Gasteiger partial charge in [0.2, 0.25) is 5.91 Å². The second-order valence-corrected chi connectivity index (χ2v) is 14.1. The Labute approximate surface area is 179 Å². The first kappa shape index (κ1) is 21.9. The number of benzene rings is 1. The number of amides is 1. The van der Waals surface area contributed by atoms with Crippen LogP contribution in [0, 0.1) is 0 Å². The van der Waals surface area contributed by atoms with Crippen molar-refractivity contribution in [3.63, 3.8) is 0 Å². The lowest BCUT2D eigenvalue weighted by Crippen LogP contribution is -2.22. The van der Waals surface area contributed by atoms with E-state index in [9.17, 15) is 4.79 Å². The lowest BCUT2D eigenvalue weighted by molar-refractivity contribution is -0.111. The number of carbonyl (C=O) groups excluding carboxylic acids is 1. The highest BCUT2D eigenvalue weighted by atomic mass is 28.3. The summed E-state index contributed by atoms with van der Waals surface area (Å²) in [5, 5.41) is 8.61. The van der Waals surface area contributed by atoms with Crippen LogP contribution in [0.3, 0.4) is 0 Å². The van der Waals surface area contributed by atoms with Crippen LogP contribution in [0.5, 0.6) is 0 Å². The van der Waals surface area contributed by atoms with Crippen molar-refractivity contribution in [1.29, 1.82) is 0 Å². The molecule has 1 aromatic carbocycles. The zero-order chi connectivity index (χ0) is 21.7. The zero-order valence-corrected chi connectivity index (χ0v) is 19.2. The number of nitrogens with one attached hydrogen (secondary N) is 1. The summed E-state index contributed by atoms with van der Waals surface area (Å²) >= 11 is 0. The molecule has 0 spiro atoms. The molecule has 0 aliphatic heterocycles. The number of anilines is 1. The number of nitrogens with zero attached hydrogens (tertiary/aromatic N) is 3. The van der Waals surface area contributed by atoms with Crippen LogP contribution in [0.4, 0.5) is 5.69 Å². The van der Waals surface area contributed by atoms with E-state index in [1.54, 1.807) is 0 Å². The molecule has 0 aliphatic rings. The minimum absolute atomic E-state index is 0.237. The summed E-state index contributed by atoms with van der Waals surface area (Å²) in [6, 6.07) is 10.8. The van der Waals surface area contributed by atoms with Crippen molar-refractivity contribution in [3.8, 4) is 11.3 Å². The molecule has 7 heteroatoms. The lowest BCUT2D eigenvalue weighted by atomic mass is 10.1. The van der Waals surface area contributed by atoms with E-state index >= 15 is 0 Å². The van der Waals surface area contributed by atoms with Crippen molar-refractivity contribution in [2.45, 2.75) is 45.8 Å². The summed E-state index contributed by atoms with van der Waals surface area (Å²) in [4.78, 5) is 16.2. The number of hydrogen-bond acceptors (Lipinski definition) is 4. The number of pyridine rings is 1. The first-order valence-corrected chi connectivity index (χ1v) is 14.0. The Kier molecular flexibility index (Phi) is 6.84. The van der Waals surface area contributed by atoms with Gasteiger partial charge in [0.1, 0.15) is 6.73 Å². The van der Waals surface area contributed by atoms with Crippen LogP contribution in [-0.2, 0) is 22.7 Å². The fourth-order valence-corrected chi connectivity index (χ4v) is 3.89. The van der Waals surface area contributed by atoms with Crippen molar-refractivity contribution in [2.24, 2.45) is 0 Å². The van der Waals surface area contributed by atoms with Gasteiger partial charge in [0, 0.05) is 31.3 Å². The topological polar surface area (TPSA) is 69.0 Å². The van der Waals surface area contributed by atoms with Gasteiger partial charge in [0.15, 0.2) is 0 Å². The van der Waals surface area contributed by atoms with E-state index in [1.807, 2.05) is 35.1 Å². The lowest BCUT2D eigenvalue weighted by Gasteiger charge is -2.15. The van der Waals surface area contributed by atoms with Crippen molar-refractivity contribution in [1.82, 2.24) is 14.8 Å². The second kappa shape index (κ2) is 9.36. The zero-order valence-electron chi connectivity index (χ0n) is 18.2. The van der Waals surface area contributed by atoms with E-state index in [-0.39, 0.29) is 5.91 Å². The smallest absolute Gasteiger partial charge is 0.247 e. The molecule has 0 fully saturated rings. The molecule has 0 saturated heterocycles. The first-order chi connectivity index (χ1) is 14.3. The van der Waals surface area contributed by atoms with Crippen LogP contribution in [0.25, 0.3) is 22.2 Å². The SMILES string of the molecule is C=CC(=O)Nc1cccc(-c2cc3c(CC)nn(COCC[Si](C)(C)C)c3cn2)c1. The number of carbonyl (C=O) groups is 1. The largest absolute Gasteiger partial charge is 0.360 e. The second-order valence-electron chi connectivity index (χ2n) is 8.51. The summed E-state index contributed by atoms with van der Waals surface area (Å²) in [7, 11) is -1.11. The van der Waals surface area contributed by atoms with Gasteiger partial charge in [-0.15, -0.1) is 0 Å². The predicted molar refractivity (Wildman–Crippen MR) is 125 cm³/mol. The molecular formula is C23H30N4O2Si. The molecule has 2 aromatic heterocycles. The minimum Gasteiger partial charge on any atom is -0.360 e. The molecule has 6 nitrogen and oxygen atoms in total. The van der Waals surface area contributed by atoms with Gasteiger partial charge in [-0.05, 0) is 36.7 Å². The van der Waals surface area contributed by atoms with Gasteiger partial charge < -0.3 is 10.1 Å². The Morgan fingerprint density at radius 2 is 2.10 bits per heavy atom. The van der Waals surface area contributed by atoms with E-state index in [2.05, 4.69) is 49.5 Å². The maximum absolute atomic E-state index is 11.6. The third kappa shape index (κ3) is 5.43. The summed E-state index contributed by atoms with van der Waals surface area (Å²) in [5.41, 5.74) is 4.48. The minimum atomic E-state index is -1.11. The molecule has 1 amide bonds. The number of ether oxygens (including phenoxy) is 1. The van der Waals surface area contributed by atoms with Gasteiger partial charge in [-0.3, -0.25) is 9.78 Å². The van der Waals surface area contributed by atoms with Crippen LogP contribution in [-0.4, -0.2) is 35.4 Å². The molecule has 0 bridgehead atoms. The first-order valence-electron chi connectivity index (χ1n) is 10.3. The number of rotatable bonds is 9. The highest BCUT2D eigenvalue weighted by Crippen LogP contribution is 2.26. The van der Waals surface area contributed by atoms with E-state index in [0.29, 0.717) is 12.4 Å². The molecule has 1 N–H and O–H groups in total.